The van der Waals surface area contributed by atoms with Crippen molar-refractivity contribution >= 4 is 35.0 Å². The second kappa shape index (κ2) is 12.4. The molecule has 0 aromatic carbocycles. The van der Waals surface area contributed by atoms with Crippen molar-refractivity contribution in [2.24, 2.45) is 5.92 Å². The van der Waals surface area contributed by atoms with Crippen LogP contribution in [0.2, 0.25) is 4.34 Å². The molecule has 8 nitrogen and oxygen atoms in total. The van der Waals surface area contributed by atoms with E-state index in [1.807, 2.05) is 19.1 Å². The van der Waals surface area contributed by atoms with Gasteiger partial charge in [-0.05, 0) is 63.6 Å². The lowest BCUT2D eigenvalue weighted by Crippen LogP contribution is -2.29. The lowest BCUT2D eigenvalue weighted by Gasteiger charge is -2.27. The molecule has 0 saturated heterocycles. The Kier molecular flexibility index (Phi) is 9.55. The molecule has 10 heteroatoms. The molecule has 3 rings (SSSR count). The largest absolute Gasteiger partial charge is 0.489 e. The maximum absolute atomic E-state index is 12.3. The molecule has 0 radical (unpaired) electrons. The van der Waals surface area contributed by atoms with Gasteiger partial charge in [0.2, 0.25) is 0 Å². The second-order valence-electron chi connectivity index (χ2n) is 8.53. The Morgan fingerprint density at radius 3 is 2.79 bits per heavy atom. The van der Waals surface area contributed by atoms with Gasteiger partial charge in [-0.15, -0.1) is 11.3 Å². The molecule has 2 unspecified atom stereocenters. The van der Waals surface area contributed by atoms with Gasteiger partial charge in [0, 0.05) is 25.8 Å². The maximum Gasteiger partial charge on any atom is 0.409 e. The van der Waals surface area contributed by atoms with Crippen molar-refractivity contribution < 1.29 is 29.3 Å². The maximum atomic E-state index is 12.3. The number of rotatable bonds is 10. The number of hydrogen-bond donors (Lipinski definition) is 2. The third-order valence-electron chi connectivity index (χ3n) is 5.88. The van der Waals surface area contributed by atoms with E-state index in [9.17, 15) is 14.7 Å². The molecule has 2 atom stereocenters. The molecule has 1 saturated carbocycles. The van der Waals surface area contributed by atoms with Gasteiger partial charge < -0.3 is 24.6 Å². The van der Waals surface area contributed by atoms with Crippen molar-refractivity contribution in [2.45, 2.75) is 58.2 Å². The number of carboxylic acid groups (broad SMARTS) is 1. The summed E-state index contributed by atoms with van der Waals surface area (Å²) in [6.07, 6.45) is 3.61. The van der Waals surface area contributed by atoms with E-state index in [1.54, 1.807) is 13.1 Å². The summed E-state index contributed by atoms with van der Waals surface area (Å²) in [5.74, 6) is -0.490. The Labute approximate surface area is 208 Å². The summed E-state index contributed by atoms with van der Waals surface area (Å²) in [5, 5.41) is 18.2. The Balaban J connectivity index is 1.65. The molecular formula is C24H31ClN2O6S. The fourth-order valence-corrected chi connectivity index (χ4v) is 5.20. The van der Waals surface area contributed by atoms with Crippen LogP contribution in [-0.2, 0) is 16.1 Å². The smallest absolute Gasteiger partial charge is 0.409 e. The van der Waals surface area contributed by atoms with E-state index in [2.05, 4.69) is 4.98 Å². The highest BCUT2D eigenvalue weighted by molar-refractivity contribution is 7.19. The first kappa shape index (κ1) is 26.2. The van der Waals surface area contributed by atoms with E-state index >= 15 is 0 Å². The van der Waals surface area contributed by atoms with Crippen molar-refractivity contribution in [3.05, 3.63) is 33.8 Å². The zero-order valence-corrected chi connectivity index (χ0v) is 21.0. The fourth-order valence-electron chi connectivity index (χ4n) is 3.98. The minimum Gasteiger partial charge on any atom is -0.489 e. The first-order chi connectivity index (χ1) is 16.3. The van der Waals surface area contributed by atoms with Crippen LogP contribution in [0.3, 0.4) is 0 Å². The number of nitrogens with zero attached hydrogens (tertiary/aromatic N) is 2. The molecular weight excluding hydrogens is 480 g/mol. The number of aliphatic carboxylic acids is 1. The number of amides is 1. The molecule has 0 spiro atoms. The zero-order chi connectivity index (χ0) is 24.7. The van der Waals surface area contributed by atoms with Crippen LogP contribution in [0.4, 0.5) is 4.79 Å². The first-order valence-electron chi connectivity index (χ1n) is 11.4. The first-order valence-corrected chi connectivity index (χ1v) is 12.6. The summed E-state index contributed by atoms with van der Waals surface area (Å²) in [7, 11) is 1.66. The topological polar surface area (TPSA) is 109 Å². The minimum atomic E-state index is -0.766. The van der Waals surface area contributed by atoms with Gasteiger partial charge in [-0.25, -0.2) is 9.78 Å². The number of pyridine rings is 1. The van der Waals surface area contributed by atoms with Crippen molar-refractivity contribution in [2.75, 3.05) is 20.2 Å². The summed E-state index contributed by atoms with van der Waals surface area (Å²) >= 11 is 7.62. The van der Waals surface area contributed by atoms with Gasteiger partial charge in [0.15, 0.2) is 0 Å². The number of hydrogen-bond acceptors (Lipinski definition) is 7. The number of halogens is 1. The number of carbonyl (C=O) groups excluding carboxylic acids is 1. The molecule has 2 aromatic heterocycles. The number of aliphatic hydroxyl groups is 1. The molecule has 1 aliphatic rings. The number of unbranched alkanes of at least 4 members (excludes halogenated alkanes) is 1. The Morgan fingerprint density at radius 2 is 2.09 bits per heavy atom. The summed E-state index contributed by atoms with van der Waals surface area (Å²) in [5.41, 5.74) is 2.17. The number of aryl methyl sites for hydroxylation is 1. The average molecular weight is 511 g/mol. The average Bonchev–Trinajstić information content (AvgIpc) is 3.19. The van der Waals surface area contributed by atoms with Crippen LogP contribution in [0, 0.1) is 12.8 Å². The monoisotopic (exact) mass is 510 g/mol. The van der Waals surface area contributed by atoms with Crippen molar-refractivity contribution in [3.63, 3.8) is 0 Å². The minimum absolute atomic E-state index is 0.0688. The van der Waals surface area contributed by atoms with Crippen molar-refractivity contribution in [3.8, 4) is 16.3 Å². The van der Waals surface area contributed by atoms with E-state index in [1.165, 1.54) is 16.2 Å². The van der Waals surface area contributed by atoms with Crippen LogP contribution in [0.15, 0.2) is 18.2 Å². The van der Waals surface area contributed by atoms with E-state index in [0.717, 1.165) is 23.3 Å². The van der Waals surface area contributed by atoms with E-state index < -0.39 is 12.1 Å². The predicted molar refractivity (Wildman–Crippen MR) is 130 cm³/mol. The quantitative estimate of drug-likeness (QED) is 0.426. The molecule has 34 heavy (non-hydrogen) atoms. The highest BCUT2D eigenvalue weighted by Gasteiger charge is 2.28. The third-order valence-corrected chi connectivity index (χ3v) is 7.21. The van der Waals surface area contributed by atoms with E-state index in [0.29, 0.717) is 53.7 Å². The fraction of sp³-hybridized carbons (Fsp3) is 0.542. The molecule has 2 heterocycles. The van der Waals surface area contributed by atoms with Crippen molar-refractivity contribution in [1.29, 1.82) is 0 Å². The number of aromatic nitrogens is 1. The Hall–Kier alpha value is -2.36. The van der Waals surface area contributed by atoms with Crippen LogP contribution in [-0.4, -0.2) is 58.5 Å². The molecule has 2 N–H and O–H groups in total. The van der Waals surface area contributed by atoms with Crippen LogP contribution < -0.4 is 4.74 Å². The predicted octanol–water partition coefficient (Wildman–Crippen LogP) is 5.14. The highest BCUT2D eigenvalue weighted by atomic mass is 35.5. The zero-order valence-electron chi connectivity index (χ0n) is 19.5. The molecule has 0 aliphatic heterocycles. The molecule has 186 valence electrons. The van der Waals surface area contributed by atoms with Crippen LogP contribution in [0.1, 0.15) is 49.8 Å². The van der Waals surface area contributed by atoms with Crippen LogP contribution in [0.5, 0.6) is 5.75 Å². The SMILES string of the molecule is Cc1nc(-c2sc(Cl)cc2COC(=O)N(C)CCCCO)ccc1OC1CCCC(C(=O)O)C1. The van der Waals surface area contributed by atoms with Gasteiger partial charge in [0.25, 0.3) is 0 Å². The number of carbonyl (C=O) groups is 2. The summed E-state index contributed by atoms with van der Waals surface area (Å²) < 4.78 is 12.1. The number of thiophene rings is 1. The van der Waals surface area contributed by atoms with Gasteiger partial charge in [-0.3, -0.25) is 4.79 Å². The summed E-state index contributed by atoms with van der Waals surface area (Å²) in [6, 6.07) is 5.46. The number of aliphatic hydroxyl groups excluding tert-OH is 1. The van der Waals surface area contributed by atoms with Gasteiger partial charge in [0.1, 0.15) is 12.4 Å². The highest BCUT2D eigenvalue weighted by Crippen LogP contribution is 2.37. The standard InChI is InChI=1S/C24H31ClN2O6S/c1-15-20(33-18-7-5-6-16(12-18)23(29)30)9-8-19(26-15)22-17(13-21(25)34-22)14-32-24(31)27(2)10-3-4-11-28/h8-9,13,16,18,28H,3-7,10-12,14H2,1-2H3,(H,29,30). The van der Waals surface area contributed by atoms with Gasteiger partial charge in [-0.1, -0.05) is 11.6 Å². The van der Waals surface area contributed by atoms with Crippen LogP contribution in [0.25, 0.3) is 10.6 Å². The summed E-state index contributed by atoms with van der Waals surface area (Å²) in [4.78, 5) is 30.6. The normalized spacial score (nSPS) is 17.9. The lowest BCUT2D eigenvalue weighted by atomic mass is 9.87. The third kappa shape index (κ3) is 7.07. The van der Waals surface area contributed by atoms with Gasteiger partial charge in [0.05, 0.1) is 32.6 Å². The molecule has 1 amide bonds. The Bertz CT molecular complexity index is 998. The van der Waals surface area contributed by atoms with E-state index in [4.69, 9.17) is 26.2 Å². The van der Waals surface area contributed by atoms with E-state index in [-0.39, 0.29) is 25.2 Å². The van der Waals surface area contributed by atoms with Crippen molar-refractivity contribution in [1.82, 2.24) is 9.88 Å². The molecule has 1 aliphatic carbocycles. The molecule has 2 aromatic rings. The second-order valence-corrected chi connectivity index (χ2v) is 10.2. The Morgan fingerprint density at radius 1 is 1.29 bits per heavy atom. The lowest BCUT2D eigenvalue weighted by molar-refractivity contribution is -0.143. The molecule has 1 fully saturated rings. The molecule has 0 bridgehead atoms. The number of carboxylic acids is 1. The van der Waals surface area contributed by atoms with Crippen LogP contribution >= 0.6 is 22.9 Å². The van der Waals surface area contributed by atoms with Gasteiger partial charge in [-0.2, -0.15) is 0 Å². The number of ether oxygens (including phenoxy) is 2. The van der Waals surface area contributed by atoms with Gasteiger partial charge >= 0.3 is 12.1 Å². The summed E-state index contributed by atoms with van der Waals surface area (Å²) in [6.45, 7) is 2.53.